The molecule has 2 rings (SSSR count). The summed E-state index contributed by atoms with van der Waals surface area (Å²) in [5.74, 6) is 2.59. The van der Waals surface area contributed by atoms with Gasteiger partial charge in [-0.3, -0.25) is 0 Å². The van der Waals surface area contributed by atoms with Crippen molar-refractivity contribution in [2.24, 2.45) is 0 Å². The maximum absolute atomic E-state index is 11.8. The highest BCUT2D eigenvalue weighted by atomic mass is 79.9. The average molecular weight is 434 g/mol. The standard InChI is InChI=1S/C14H14Br2N2O2S/c15-10-3-4-13(12(16)8-10)18-14(19)17-5-7-21-9-11-2-1-6-20-11/h1-4,6,8H,5,7,9H2,(H2,17,18,19). The molecule has 1 heterocycles. The monoisotopic (exact) mass is 432 g/mol. The molecule has 0 saturated carbocycles. The lowest BCUT2D eigenvalue weighted by atomic mass is 10.3. The van der Waals surface area contributed by atoms with Gasteiger partial charge in [0, 0.05) is 21.2 Å². The molecule has 0 aliphatic rings. The SMILES string of the molecule is O=C(NCCSCc1ccco1)Nc1ccc(Br)cc1Br. The van der Waals surface area contributed by atoms with Crippen molar-refractivity contribution in [3.05, 3.63) is 51.3 Å². The third kappa shape index (κ3) is 5.76. The number of carbonyl (C=O) groups excluding carboxylic acids is 1. The van der Waals surface area contributed by atoms with E-state index in [2.05, 4.69) is 42.5 Å². The van der Waals surface area contributed by atoms with Gasteiger partial charge in [-0.25, -0.2) is 4.79 Å². The van der Waals surface area contributed by atoms with Gasteiger partial charge >= 0.3 is 6.03 Å². The summed E-state index contributed by atoms with van der Waals surface area (Å²) in [4.78, 5) is 11.8. The minimum absolute atomic E-state index is 0.211. The number of halogens is 2. The van der Waals surface area contributed by atoms with Crippen LogP contribution in [0.3, 0.4) is 0 Å². The van der Waals surface area contributed by atoms with Gasteiger partial charge in [0.15, 0.2) is 0 Å². The van der Waals surface area contributed by atoms with Crippen molar-refractivity contribution >= 4 is 55.3 Å². The number of benzene rings is 1. The third-order valence-electron chi connectivity index (χ3n) is 2.54. The van der Waals surface area contributed by atoms with Gasteiger partial charge in [0.2, 0.25) is 0 Å². The van der Waals surface area contributed by atoms with E-state index < -0.39 is 0 Å². The lowest BCUT2D eigenvalue weighted by Crippen LogP contribution is -2.30. The van der Waals surface area contributed by atoms with E-state index in [4.69, 9.17) is 4.42 Å². The maximum Gasteiger partial charge on any atom is 0.319 e. The first-order chi connectivity index (χ1) is 10.1. The van der Waals surface area contributed by atoms with Gasteiger partial charge in [-0.15, -0.1) is 0 Å². The maximum atomic E-state index is 11.8. The van der Waals surface area contributed by atoms with Crippen molar-refractivity contribution in [1.29, 1.82) is 0 Å². The van der Waals surface area contributed by atoms with E-state index in [1.54, 1.807) is 18.0 Å². The minimum Gasteiger partial charge on any atom is -0.468 e. The van der Waals surface area contributed by atoms with Crippen molar-refractivity contribution in [3.63, 3.8) is 0 Å². The zero-order valence-corrected chi connectivity index (χ0v) is 15.1. The summed E-state index contributed by atoms with van der Waals surface area (Å²) in [5, 5.41) is 5.62. The van der Waals surface area contributed by atoms with Crippen LogP contribution in [0.2, 0.25) is 0 Å². The van der Waals surface area contributed by atoms with Crippen LogP contribution < -0.4 is 10.6 Å². The number of hydrogen-bond acceptors (Lipinski definition) is 3. The van der Waals surface area contributed by atoms with Crippen LogP contribution in [0.25, 0.3) is 0 Å². The number of carbonyl (C=O) groups is 1. The van der Waals surface area contributed by atoms with Crippen LogP contribution in [-0.4, -0.2) is 18.3 Å². The lowest BCUT2D eigenvalue weighted by Gasteiger charge is -2.09. The predicted molar refractivity (Wildman–Crippen MR) is 93.7 cm³/mol. The molecule has 0 atom stereocenters. The number of thioether (sulfide) groups is 1. The highest BCUT2D eigenvalue weighted by Gasteiger charge is 2.05. The molecule has 1 aromatic heterocycles. The van der Waals surface area contributed by atoms with Crippen LogP contribution in [0.15, 0.2) is 50.0 Å². The van der Waals surface area contributed by atoms with Crippen LogP contribution in [0.4, 0.5) is 10.5 Å². The Balaban J connectivity index is 1.65. The second-order valence-corrected chi connectivity index (χ2v) is 7.01. The molecule has 0 aliphatic carbocycles. The number of amides is 2. The summed E-state index contributed by atoms with van der Waals surface area (Å²) in [5.41, 5.74) is 0.735. The molecule has 2 N–H and O–H groups in total. The third-order valence-corrected chi connectivity index (χ3v) is 4.67. The van der Waals surface area contributed by atoms with Crippen LogP contribution >= 0.6 is 43.6 Å². The summed E-state index contributed by atoms with van der Waals surface area (Å²) in [6.45, 7) is 0.603. The van der Waals surface area contributed by atoms with E-state index in [9.17, 15) is 4.79 Å². The number of hydrogen-bond donors (Lipinski definition) is 2. The molecule has 2 aromatic rings. The zero-order valence-electron chi connectivity index (χ0n) is 11.1. The molecule has 4 nitrogen and oxygen atoms in total. The largest absolute Gasteiger partial charge is 0.468 e. The lowest BCUT2D eigenvalue weighted by molar-refractivity contribution is 0.252. The van der Waals surface area contributed by atoms with E-state index in [0.29, 0.717) is 6.54 Å². The van der Waals surface area contributed by atoms with E-state index in [-0.39, 0.29) is 6.03 Å². The van der Waals surface area contributed by atoms with Crippen molar-refractivity contribution < 1.29 is 9.21 Å². The average Bonchev–Trinajstić information content (AvgIpc) is 2.95. The molecule has 0 radical (unpaired) electrons. The molecule has 7 heteroatoms. The van der Waals surface area contributed by atoms with E-state index in [1.165, 1.54) is 0 Å². The Bertz CT molecular complexity index is 591. The highest BCUT2D eigenvalue weighted by molar-refractivity contribution is 9.11. The molecule has 0 saturated heterocycles. The molecule has 0 unspecified atom stereocenters. The Morgan fingerprint density at radius 3 is 2.86 bits per heavy atom. The molecule has 112 valence electrons. The number of nitrogens with one attached hydrogen (secondary N) is 2. The van der Waals surface area contributed by atoms with Crippen LogP contribution in [0, 0.1) is 0 Å². The first kappa shape index (κ1) is 16.5. The van der Waals surface area contributed by atoms with E-state index >= 15 is 0 Å². The number of urea groups is 1. The van der Waals surface area contributed by atoms with E-state index in [0.717, 1.165) is 31.9 Å². The topological polar surface area (TPSA) is 54.3 Å². The quantitative estimate of drug-likeness (QED) is 0.639. The van der Waals surface area contributed by atoms with Crippen molar-refractivity contribution in [2.75, 3.05) is 17.6 Å². The number of anilines is 1. The van der Waals surface area contributed by atoms with Crippen LogP contribution in [-0.2, 0) is 5.75 Å². The van der Waals surface area contributed by atoms with Gasteiger partial charge in [0.1, 0.15) is 5.76 Å². The smallest absolute Gasteiger partial charge is 0.319 e. The van der Waals surface area contributed by atoms with Gasteiger partial charge in [-0.2, -0.15) is 11.8 Å². The summed E-state index contributed by atoms with van der Waals surface area (Å²) in [6, 6.07) is 9.19. The van der Waals surface area contributed by atoms with Gasteiger partial charge in [0.05, 0.1) is 17.7 Å². The molecule has 0 aliphatic heterocycles. The molecule has 0 fully saturated rings. The molecular formula is C14H14Br2N2O2S. The van der Waals surface area contributed by atoms with E-state index in [1.807, 2.05) is 30.3 Å². The molecule has 1 aromatic carbocycles. The van der Waals surface area contributed by atoms with Crippen LogP contribution in [0.5, 0.6) is 0 Å². The number of furan rings is 1. The van der Waals surface area contributed by atoms with Crippen molar-refractivity contribution in [2.45, 2.75) is 5.75 Å². The Morgan fingerprint density at radius 2 is 2.14 bits per heavy atom. The van der Waals surface area contributed by atoms with Crippen LogP contribution in [0.1, 0.15) is 5.76 Å². The minimum atomic E-state index is -0.211. The Kier molecular flexibility index (Phi) is 6.66. The molecule has 0 spiro atoms. The summed E-state index contributed by atoms with van der Waals surface area (Å²) < 4.78 is 7.02. The fraction of sp³-hybridized carbons (Fsp3) is 0.214. The fourth-order valence-electron chi connectivity index (χ4n) is 1.56. The van der Waals surface area contributed by atoms with Gasteiger partial charge in [-0.05, 0) is 46.3 Å². The Morgan fingerprint density at radius 1 is 1.29 bits per heavy atom. The second-order valence-electron chi connectivity index (χ2n) is 4.14. The normalized spacial score (nSPS) is 10.4. The van der Waals surface area contributed by atoms with Crippen molar-refractivity contribution in [3.8, 4) is 0 Å². The Hall–Kier alpha value is -0.920. The van der Waals surface area contributed by atoms with Gasteiger partial charge < -0.3 is 15.1 Å². The molecule has 21 heavy (non-hydrogen) atoms. The first-order valence-electron chi connectivity index (χ1n) is 6.25. The summed E-state index contributed by atoms with van der Waals surface area (Å²) in [7, 11) is 0. The van der Waals surface area contributed by atoms with Gasteiger partial charge in [-0.1, -0.05) is 15.9 Å². The summed E-state index contributed by atoms with van der Waals surface area (Å²) >= 11 is 8.49. The predicted octanol–water partition coefficient (Wildman–Crippen LogP) is 4.86. The fourth-order valence-corrected chi connectivity index (χ4v) is 3.46. The molecule has 2 amide bonds. The van der Waals surface area contributed by atoms with Crippen molar-refractivity contribution in [1.82, 2.24) is 5.32 Å². The molecule has 0 bridgehead atoms. The summed E-state index contributed by atoms with van der Waals surface area (Å²) in [6.07, 6.45) is 1.66. The highest BCUT2D eigenvalue weighted by Crippen LogP contribution is 2.25. The second kappa shape index (κ2) is 8.51. The zero-order chi connectivity index (χ0) is 15.1. The number of rotatable bonds is 6. The molecular weight excluding hydrogens is 420 g/mol. The Labute approximate surface area is 144 Å². The van der Waals surface area contributed by atoms with Gasteiger partial charge in [0.25, 0.3) is 0 Å². The first-order valence-corrected chi connectivity index (χ1v) is 8.99.